The lowest BCUT2D eigenvalue weighted by atomic mass is 8.22. The summed E-state index contributed by atoms with van der Waals surface area (Å²) in [6.07, 6.45) is -48.9. The number of para-hydroxylation sites is 1. The fourth-order valence-corrected chi connectivity index (χ4v) is 16.6. The number of fused-ring (bicyclic) bond motifs is 2. The molecule has 2 aliphatic rings. The third-order valence-electron chi connectivity index (χ3n) is 20.7. The Hall–Kier alpha value is -0.314. The second-order valence-corrected chi connectivity index (χ2v) is 31.4. The molecule has 10 nitrogen and oxygen atoms in total. The number of ether oxygens (including phenoxy) is 4. The number of carbonyl (C=O) groups excluding carboxylic acids is 2. The molecule has 0 spiro atoms. The molecular weight excluding hydrogens is 1310 g/mol. The summed E-state index contributed by atoms with van der Waals surface area (Å²) in [4.78, 5) is 30.4. The number of anilines is 5. The van der Waals surface area contributed by atoms with E-state index < -0.39 is 216 Å². The van der Waals surface area contributed by atoms with E-state index in [0.29, 0.717) is 37.8 Å². The average Bonchev–Trinajstić information content (AvgIpc) is 0.722. The van der Waals surface area contributed by atoms with Crippen LogP contribution in [0.25, 0.3) is 0 Å². The highest BCUT2D eigenvalue weighted by molar-refractivity contribution is 8.39. The predicted molar refractivity (Wildman–Crippen MR) is 571 cm³/mol. The first kappa shape index (κ1) is 109. The van der Waals surface area contributed by atoms with Gasteiger partial charge in [0, 0.05) is 498 Å². The van der Waals surface area contributed by atoms with Crippen LogP contribution in [0.2, 0.25) is 0 Å². The molecule has 0 aromatic heterocycles. The van der Waals surface area contributed by atoms with E-state index in [0.717, 1.165) is 41.5 Å². The average molecular weight is 1360 g/mol. The Kier molecular flexibility index (Phi) is 48.0. The van der Waals surface area contributed by atoms with E-state index in [-0.39, 0.29) is 19.6 Å². The van der Waals surface area contributed by atoms with E-state index in [4.69, 9.17) is 282 Å². The summed E-state index contributed by atoms with van der Waals surface area (Å²) in [6, 6.07) is 21.9. The Balaban J connectivity index is 0.000000734. The molecule has 0 saturated heterocycles. The molecule has 3 aromatic rings. The number of carbonyl (C=O) groups is 2. The van der Waals surface area contributed by atoms with Crippen molar-refractivity contribution in [2.45, 2.75) is 74.0 Å². The van der Waals surface area contributed by atoms with E-state index in [9.17, 15) is 9.59 Å². The second-order valence-electron chi connectivity index (χ2n) is 31.4. The summed E-state index contributed by atoms with van der Waals surface area (Å²) < 4.78 is 22.3. The number of nitrogens with one attached hydrogen (secondary N) is 1. The predicted octanol–water partition coefficient (Wildman–Crippen LogP) is -16.3. The fourth-order valence-electron chi connectivity index (χ4n) is 16.6. The van der Waals surface area contributed by atoms with Gasteiger partial charge < -0.3 is 29.2 Å². The van der Waals surface area contributed by atoms with Gasteiger partial charge in [-0.15, -0.1) is 0 Å². The molecular formula is C37H52B66N4O6. The largest absolute Gasteiger partial charge is 0.490 e. The summed E-state index contributed by atoms with van der Waals surface area (Å²) in [5.74, 6) is 1.42. The molecule has 2 heterocycles. The van der Waals surface area contributed by atoms with Gasteiger partial charge in [-0.3, -0.25) is 9.80 Å². The minimum absolute atomic E-state index is 0. The standard InChI is InChI=1S/C21H26N2O3.C15H22N2O3.CH4.B66/c1-5-22(16-9-7-6-8-10-16)17-11-12-19-18(15-17)23(13-14-25-19)20(24)26-21(2,3)4;1-5-16-11-6-7-13-12(10-11)17(8-9-19-13)14(18)20-15(2,3)4;;1-35(2)52(36(3)4)60(51(33)34)64(59(49(29)30)50(31)32)66(63(57(45(21)22)46(23)24)58(47(25)26)48(27)28)65(61(53(37(5)6)38(7)8)54(39(9)10)40(11)12)62(55(41(13)14)42(15)16)56(43(17)18)44(19)20/h6-12,15H,5,13-14H2,1-4H3;6-7,10,16H,5,8-9H2,1-4H3;1H4;. The Bertz CT molecular complexity index is 3070. The van der Waals surface area contributed by atoms with E-state index in [2.05, 4.69) is 29.3 Å². The van der Waals surface area contributed by atoms with Gasteiger partial charge in [0.2, 0.25) is 0 Å². The minimum atomic E-state index is -1.64. The molecule has 1 N–H and O–H groups in total. The lowest BCUT2D eigenvalue weighted by Crippen LogP contribution is -2.98. The SMILES string of the molecule is C.CCN(c1ccccc1)c1ccc2c(c1)N(C(=O)OC(C)(C)C)CCO2.CCNc1ccc2c(c1)N(C(=O)OC(C)(C)C)CCO2.[B]B([B])B(B([B])[B])B(B([B])[B])B(B(B([B])[B])B([B])[B])B(B(B(B([B])[B])B([B])[B])B(B([B])[B])B([B])[B])B(B(B(B([B])[B])B([B])[B])B(B([B])[B])B([B])[B])B(B(B([B])[B])B([B])[B])B(B([B])[B])B([B])[B]. The van der Waals surface area contributed by atoms with Crippen molar-refractivity contribution in [2.75, 3.05) is 59.4 Å². The van der Waals surface area contributed by atoms with Gasteiger partial charge in [-0.25, -0.2) is 9.59 Å². The number of benzene rings is 3. The first-order chi connectivity index (χ1) is 51.8. The summed E-state index contributed by atoms with van der Waals surface area (Å²) in [6.45, 7) is 18.9. The highest BCUT2D eigenvalue weighted by Crippen LogP contribution is 2.39. The van der Waals surface area contributed by atoms with Crippen LogP contribution < -0.4 is 29.5 Å². The van der Waals surface area contributed by atoms with Gasteiger partial charge in [-0.1, -0.05) is 25.6 Å². The molecule has 113 heavy (non-hydrogen) atoms. The Morgan fingerprint density at radius 3 is 0.858 bits per heavy atom. The van der Waals surface area contributed by atoms with Crippen molar-refractivity contribution in [3.05, 3.63) is 66.7 Å². The highest BCUT2D eigenvalue weighted by Gasteiger charge is 2.64. The van der Waals surface area contributed by atoms with Crippen molar-refractivity contribution < 1.29 is 28.5 Å². The van der Waals surface area contributed by atoms with Crippen LogP contribution in [0.3, 0.4) is 0 Å². The third kappa shape index (κ3) is 30.9. The van der Waals surface area contributed by atoms with Crippen LogP contribution in [0.1, 0.15) is 62.8 Å². The van der Waals surface area contributed by atoms with Crippen molar-refractivity contribution in [3.8, 4) is 11.5 Å². The van der Waals surface area contributed by atoms with Crippen LogP contribution >= 0.6 is 0 Å². The molecule has 0 fully saturated rings. The summed E-state index contributed by atoms with van der Waals surface area (Å²) in [5.41, 5.74) is 3.54. The zero-order valence-corrected chi connectivity index (χ0v) is 66.5. The quantitative estimate of drug-likeness (QED) is 0.0576. The fraction of sp³-hybridized carbons (Fsp3) is 0.459. The maximum atomic E-state index is 12.6. The molecule has 0 unspecified atom stereocenters. The molecule has 0 aliphatic carbocycles. The lowest BCUT2D eigenvalue weighted by molar-refractivity contribution is 0.0557. The molecule has 0 atom stereocenters. The first-order valence-electron chi connectivity index (χ1n) is 37.6. The van der Waals surface area contributed by atoms with Gasteiger partial charge in [0.1, 0.15) is 35.9 Å². The zero-order valence-electron chi connectivity index (χ0n) is 66.5. The third-order valence-corrected chi connectivity index (χ3v) is 20.7. The molecule has 76 heteroatoms. The van der Waals surface area contributed by atoms with E-state index >= 15 is 0 Å². The van der Waals surface area contributed by atoms with E-state index in [1.165, 1.54) is 0 Å². The smallest absolute Gasteiger partial charge is 0.415 e. The minimum Gasteiger partial charge on any atom is -0.490 e. The van der Waals surface area contributed by atoms with Crippen molar-refractivity contribution >= 4 is 508 Å². The van der Waals surface area contributed by atoms with Crippen LogP contribution in [0.4, 0.5) is 38.0 Å². The normalized spacial score (nSPS) is 11.4. The van der Waals surface area contributed by atoms with Gasteiger partial charge in [0.25, 0.3) is 0 Å². The molecule has 2 aliphatic heterocycles. The lowest BCUT2D eigenvalue weighted by Gasteiger charge is -2.60. The number of hydrogen-bond acceptors (Lipinski definition) is 8. The molecule has 2 amide bonds. The van der Waals surface area contributed by atoms with Crippen LogP contribution in [-0.2, 0) is 9.47 Å². The van der Waals surface area contributed by atoms with Crippen molar-refractivity contribution in [1.29, 1.82) is 0 Å². The van der Waals surface area contributed by atoms with Crippen LogP contribution in [0.5, 0.6) is 11.5 Å². The van der Waals surface area contributed by atoms with Gasteiger partial charge >= 0.3 is 12.2 Å². The maximum absolute atomic E-state index is 12.6. The number of hydrogen-bond donors (Lipinski definition) is 1. The molecule has 3 aromatic carbocycles. The summed E-state index contributed by atoms with van der Waals surface area (Å²) in [7, 11) is 227. The molecule has 68 radical (unpaired) electrons. The Labute approximate surface area is 741 Å². The Morgan fingerprint density at radius 2 is 0.602 bits per heavy atom. The molecule has 454 valence electrons. The second kappa shape index (κ2) is 49.8. The molecule has 0 saturated carbocycles. The van der Waals surface area contributed by atoms with Crippen LogP contribution in [0.15, 0.2) is 66.7 Å². The van der Waals surface area contributed by atoms with E-state index in [1.807, 2.05) is 103 Å². The maximum Gasteiger partial charge on any atom is 0.415 e. The zero-order chi connectivity index (χ0) is 86.0. The van der Waals surface area contributed by atoms with Crippen LogP contribution in [-0.4, -0.2) is 530 Å². The Morgan fingerprint density at radius 1 is 0.354 bits per heavy atom. The van der Waals surface area contributed by atoms with E-state index in [1.54, 1.807) is 9.80 Å². The van der Waals surface area contributed by atoms with Crippen molar-refractivity contribution in [2.24, 2.45) is 0 Å². The number of rotatable bonds is 36. The number of nitrogens with zero attached hydrogens (tertiary/aromatic N) is 3. The van der Waals surface area contributed by atoms with Gasteiger partial charge in [-0.05, 0) is 104 Å². The molecule has 0 bridgehead atoms. The van der Waals surface area contributed by atoms with Gasteiger partial charge in [-0.2, -0.15) is 0 Å². The molecule has 5 rings (SSSR count). The highest BCUT2D eigenvalue weighted by atomic mass is 16.6. The van der Waals surface area contributed by atoms with Gasteiger partial charge in [0.05, 0.1) is 24.5 Å². The first-order valence-corrected chi connectivity index (χ1v) is 37.6. The monoisotopic (exact) mass is 1380 g/mol. The van der Waals surface area contributed by atoms with Gasteiger partial charge in [0.15, 0.2) is 0 Å². The number of amides is 2. The van der Waals surface area contributed by atoms with Crippen molar-refractivity contribution in [3.63, 3.8) is 0 Å². The van der Waals surface area contributed by atoms with Crippen LogP contribution in [0, 0.1) is 0 Å². The van der Waals surface area contributed by atoms with Crippen molar-refractivity contribution in [1.82, 2.24) is 0 Å². The summed E-state index contributed by atoms with van der Waals surface area (Å²) >= 11 is 0. The topological polar surface area (TPSA) is 92.8 Å². The summed E-state index contributed by atoms with van der Waals surface area (Å²) in [5, 5.41) is 3.23.